The van der Waals surface area contributed by atoms with Crippen LogP contribution >= 0.6 is 35.3 Å². The summed E-state index contributed by atoms with van der Waals surface area (Å²) in [6, 6.07) is 0. The van der Waals surface area contributed by atoms with Crippen molar-refractivity contribution in [3.05, 3.63) is 11.1 Å². The molecule has 0 spiro atoms. The van der Waals surface area contributed by atoms with Crippen LogP contribution in [0, 0.1) is 5.92 Å². The quantitative estimate of drug-likeness (QED) is 0.335. The molecule has 2 heterocycles. The SMILES string of the molecule is CCNC(=NCc1csc(N(C)C)n1)N1CCC(OCC2CCCC2)CC1.I. The first-order chi connectivity index (χ1) is 13.2. The van der Waals surface area contributed by atoms with Crippen LogP contribution in [0.2, 0.25) is 0 Å². The van der Waals surface area contributed by atoms with Crippen molar-refractivity contribution < 1.29 is 4.74 Å². The predicted octanol–water partition coefficient (Wildman–Crippen LogP) is 3.96. The average molecular weight is 522 g/mol. The van der Waals surface area contributed by atoms with Gasteiger partial charge in [0.05, 0.1) is 18.3 Å². The van der Waals surface area contributed by atoms with Gasteiger partial charge in [-0.05, 0) is 38.5 Å². The first-order valence-corrected chi connectivity index (χ1v) is 11.3. The van der Waals surface area contributed by atoms with Gasteiger partial charge in [0.15, 0.2) is 11.1 Å². The van der Waals surface area contributed by atoms with Gasteiger partial charge in [0.25, 0.3) is 0 Å². The zero-order valence-corrected chi connectivity index (χ0v) is 20.7. The maximum atomic E-state index is 6.21. The fourth-order valence-corrected chi connectivity index (χ4v) is 4.59. The van der Waals surface area contributed by atoms with Crippen molar-refractivity contribution in [3.8, 4) is 0 Å². The number of anilines is 1. The van der Waals surface area contributed by atoms with E-state index in [-0.39, 0.29) is 24.0 Å². The second-order valence-electron chi connectivity index (χ2n) is 7.86. The average Bonchev–Trinajstić information content (AvgIpc) is 3.36. The molecular weight excluding hydrogens is 485 g/mol. The Bertz CT molecular complexity index is 595. The third kappa shape index (κ3) is 7.02. The first-order valence-electron chi connectivity index (χ1n) is 10.4. The summed E-state index contributed by atoms with van der Waals surface area (Å²) in [5.74, 6) is 1.82. The van der Waals surface area contributed by atoms with Gasteiger partial charge < -0.3 is 19.9 Å². The maximum Gasteiger partial charge on any atom is 0.194 e. The molecule has 2 fully saturated rings. The van der Waals surface area contributed by atoms with Gasteiger partial charge >= 0.3 is 0 Å². The minimum Gasteiger partial charge on any atom is -0.378 e. The van der Waals surface area contributed by atoms with Gasteiger partial charge in [-0.15, -0.1) is 35.3 Å². The van der Waals surface area contributed by atoms with E-state index in [1.165, 1.54) is 25.7 Å². The van der Waals surface area contributed by atoms with E-state index in [0.29, 0.717) is 12.6 Å². The highest BCUT2D eigenvalue weighted by molar-refractivity contribution is 14.0. The Labute approximate surface area is 191 Å². The lowest BCUT2D eigenvalue weighted by Crippen LogP contribution is -2.47. The minimum absolute atomic E-state index is 0. The van der Waals surface area contributed by atoms with Crippen LogP contribution < -0.4 is 10.2 Å². The number of halogens is 1. The number of nitrogens with one attached hydrogen (secondary N) is 1. The van der Waals surface area contributed by atoms with Gasteiger partial charge in [-0.25, -0.2) is 9.98 Å². The highest BCUT2D eigenvalue weighted by Crippen LogP contribution is 2.26. The molecule has 0 bridgehead atoms. The first kappa shape index (κ1) is 23.7. The second-order valence-corrected chi connectivity index (χ2v) is 8.69. The molecule has 0 amide bonds. The summed E-state index contributed by atoms with van der Waals surface area (Å²) in [6.45, 7) is 6.64. The van der Waals surface area contributed by atoms with Crippen LogP contribution in [0.25, 0.3) is 0 Å². The van der Waals surface area contributed by atoms with E-state index >= 15 is 0 Å². The van der Waals surface area contributed by atoms with Crippen LogP contribution in [0.3, 0.4) is 0 Å². The van der Waals surface area contributed by atoms with Gasteiger partial charge in [-0.2, -0.15) is 0 Å². The number of nitrogens with zero attached hydrogens (tertiary/aromatic N) is 4. The number of likely N-dealkylation sites (tertiary alicyclic amines) is 1. The molecule has 1 aromatic rings. The van der Waals surface area contributed by atoms with Crippen LogP contribution in [-0.2, 0) is 11.3 Å². The number of thiazole rings is 1. The predicted molar refractivity (Wildman–Crippen MR) is 129 cm³/mol. The van der Waals surface area contributed by atoms with Crippen LogP contribution in [0.15, 0.2) is 10.4 Å². The topological polar surface area (TPSA) is 53.0 Å². The van der Waals surface area contributed by atoms with E-state index in [4.69, 9.17) is 9.73 Å². The lowest BCUT2D eigenvalue weighted by Gasteiger charge is -2.34. The fourth-order valence-electron chi connectivity index (χ4n) is 3.84. The summed E-state index contributed by atoms with van der Waals surface area (Å²) in [5, 5.41) is 6.58. The number of aliphatic imine (C=N–C) groups is 1. The third-order valence-electron chi connectivity index (χ3n) is 5.43. The minimum atomic E-state index is 0. The lowest BCUT2D eigenvalue weighted by atomic mass is 10.1. The number of guanidine groups is 1. The molecule has 0 atom stereocenters. The van der Waals surface area contributed by atoms with Crippen LogP contribution in [0.1, 0.15) is 51.1 Å². The van der Waals surface area contributed by atoms with Gasteiger partial charge in [0, 0.05) is 45.7 Å². The van der Waals surface area contributed by atoms with Crippen LogP contribution in [0.5, 0.6) is 0 Å². The van der Waals surface area contributed by atoms with Crippen molar-refractivity contribution in [1.29, 1.82) is 0 Å². The van der Waals surface area contributed by atoms with Crippen LogP contribution in [-0.4, -0.2) is 62.3 Å². The normalized spacial score (nSPS) is 19.0. The summed E-state index contributed by atoms with van der Waals surface area (Å²) in [4.78, 5) is 13.9. The van der Waals surface area contributed by atoms with Crippen molar-refractivity contribution in [3.63, 3.8) is 0 Å². The van der Waals surface area contributed by atoms with Gasteiger partial charge in [-0.3, -0.25) is 0 Å². The number of rotatable bonds is 7. The van der Waals surface area contributed by atoms with E-state index in [2.05, 4.69) is 27.5 Å². The molecule has 160 valence electrons. The van der Waals surface area contributed by atoms with Gasteiger partial charge in [0.1, 0.15) is 0 Å². The van der Waals surface area contributed by atoms with E-state index in [9.17, 15) is 0 Å². The van der Waals surface area contributed by atoms with Crippen molar-refractivity contribution in [2.75, 3.05) is 45.2 Å². The van der Waals surface area contributed by atoms with Crippen molar-refractivity contribution in [2.45, 2.75) is 58.1 Å². The molecule has 8 heteroatoms. The number of hydrogen-bond acceptors (Lipinski definition) is 5. The molecule has 2 aliphatic rings. The number of ether oxygens (including phenoxy) is 1. The number of aromatic nitrogens is 1. The zero-order chi connectivity index (χ0) is 19.1. The Hall–Kier alpha value is -0.610. The van der Waals surface area contributed by atoms with E-state index in [0.717, 1.165) is 61.8 Å². The highest BCUT2D eigenvalue weighted by Gasteiger charge is 2.24. The Balaban J connectivity index is 0.00000280. The summed E-state index contributed by atoms with van der Waals surface area (Å²) in [7, 11) is 4.05. The second kappa shape index (κ2) is 12.2. The van der Waals surface area contributed by atoms with Crippen molar-refractivity contribution in [1.82, 2.24) is 15.2 Å². The summed E-state index contributed by atoms with van der Waals surface area (Å²) in [6.07, 6.45) is 8.13. The molecule has 28 heavy (non-hydrogen) atoms. The zero-order valence-electron chi connectivity index (χ0n) is 17.5. The van der Waals surface area contributed by atoms with Crippen molar-refractivity contribution in [2.24, 2.45) is 10.9 Å². The van der Waals surface area contributed by atoms with E-state index < -0.39 is 0 Å². The maximum absolute atomic E-state index is 6.21. The highest BCUT2D eigenvalue weighted by atomic mass is 127. The number of hydrogen-bond donors (Lipinski definition) is 1. The molecule has 1 saturated carbocycles. The monoisotopic (exact) mass is 521 g/mol. The Morgan fingerprint density at radius 2 is 2.00 bits per heavy atom. The molecule has 0 radical (unpaired) electrons. The molecule has 0 unspecified atom stereocenters. The molecule has 1 saturated heterocycles. The molecule has 1 N–H and O–H groups in total. The Kier molecular flexibility index (Phi) is 10.3. The largest absolute Gasteiger partial charge is 0.378 e. The molecular formula is C20H36IN5OS. The smallest absolute Gasteiger partial charge is 0.194 e. The number of piperidine rings is 1. The fraction of sp³-hybridized carbons (Fsp3) is 0.800. The molecule has 1 aromatic heterocycles. The molecule has 1 aliphatic carbocycles. The van der Waals surface area contributed by atoms with Gasteiger partial charge in [-0.1, -0.05) is 12.8 Å². The molecule has 3 rings (SSSR count). The molecule has 1 aliphatic heterocycles. The third-order valence-corrected chi connectivity index (χ3v) is 6.49. The summed E-state index contributed by atoms with van der Waals surface area (Å²) >= 11 is 1.67. The summed E-state index contributed by atoms with van der Waals surface area (Å²) < 4.78 is 6.21. The van der Waals surface area contributed by atoms with E-state index in [1.54, 1.807) is 11.3 Å². The van der Waals surface area contributed by atoms with Crippen molar-refractivity contribution >= 4 is 46.4 Å². The summed E-state index contributed by atoms with van der Waals surface area (Å²) in [5.41, 5.74) is 1.04. The lowest BCUT2D eigenvalue weighted by molar-refractivity contribution is 0.00101. The molecule has 0 aromatic carbocycles. The standard InChI is InChI=1S/C20H35N5OS.HI/c1-4-21-19(22-13-17-15-27-20(23-17)24(2)3)25-11-9-18(10-12-25)26-14-16-7-5-6-8-16;/h15-16,18H,4-14H2,1-3H3,(H,21,22);1H. The Morgan fingerprint density at radius 1 is 1.29 bits per heavy atom. The van der Waals surface area contributed by atoms with Crippen LogP contribution in [0.4, 0.5) is 5.13 Å². The van der Waals surface area contributed by atoms with E-state index in [1.807, 2.05) is 19.0 Å². The van der Waals surface area contributed by atoms with Gasteiger partial charge in [0.2, 0.25) is 0 Å². The Morgan fingerprint density at radius 3 is 2.61 bits per heavy atom. The molecule has 6 nitrogen and oxygen atoms in total.